The Hall–Kier alpha value is -2.28. The van der Waals surface area contributed by atoms with Crippen molar-refractivity contribution in [2.45, 2.75) is 19.4 Å². The largest absolute Gasteiger partial charge is 0.350 e. The van der Waals surface area contributed by atoms with E-state index in [0.717, 1.165) is 5.69 Å². The molecule has 0 aliphatic rings. The second-order valence-corrected chi connectivity index (χ2v) is 4.98. The van der Waals surface area contributed by atoms with Gasteiger partial charge in [-0.2, -0.15) is 0 Å². The first-order chi connectivity index (χ1) is 8.96. The molecule has 0 saturated carbocycles. The summed E-state index contributed by atoms with van der Waals surface area (Å²) in [6, 6.07) is 7.04. The molecule has 0 atom stereocenters. The number of carbonyl (C=O) groups excluding carboxylic acids is 1. The molecule has 0 fully saturated rings. The van der Waals surface area contributed by atoms with Crippen LogP contribution in [0.2, 0.25) is 0 Å². The van der Waals surface area contributed by atoms with Gasteiger partial charge in [-0.15, -0.1) is 5.10 Å². The van der Waals surface area contributed by atoms with Crippen LogP contribution in [0.15, 0.2) is 30.6 Å². The van der Waals surface area contributed by atoms with E-state index in [4.69, 9.17) is 5.73 Å². The Morgan fingerprint density at radius 3 is 2.89 bits per heavy atom. The maximum atomic E-state index is 12.0. The molecule has 1 heterocycles. The van der Waals surface area contributed by atoms with E-state index < -0.39 is 5.54 Å². The summed E-state index contributed by atoms with van der Waals surface area (Å²) in [6.45, 7) is 4.11. The van der Waals surface area contributed by atoms with E-state index in [1.54, 1.807) is 18.2 Å². The maximum Gasteiger partial charge on any atom is 0.251 e. The molecule has 0 bridgehead atoms. The van der Waals surface area contributed by atoms with Crippen LogP contribution in [0.1, 0.15) is 24.2 Å². The summed E-state index contributed by atoms with van der Waals surface area (Å²) in [4.78, 5) is 12.0. The molecule has 1 aromatic heterocycles. The van der Waals surface area contributed by atoms with E-state index in [-0.39, 0.29) is 5.91 Å². The van der Waals surface area contributed by atoms with Gasteiger partial charge in [-0.25, -0.2) is 4.68 Å². The standard InChI is InChI=1S/C12H16N6O/c1-12(2,13)7-14-11(19)9-4-3-5-10(6-9)18-8-15-16-17-18/h3-6,8H,7,13H2,1-2H3,(H,14,19). The topological polar surface area (TPSA) is 98.7 Å². The van der Waals surface area contributed by atoms with Crippen LogP contribution in [0.5, 0.6) is 0 Å². The maximum absolute atomic E-state index is 12.0. The van der Waals surface area contributed by atoms with Crippen molar-refractivity contribution in [3.8, 4) is 5.69 Å². The van der Waals surface area contributed by atoms with Crippen molar-refractivity contribution in [1.82, 2.24) is 25.5 Å². The van der Waals surface area contributed by atoms with Crippen LogP contribution in [-0.4, -0.2) is 38.2 Å². The number of hydrogen-bond donors (Lipinski definition) is 2. The van der Waals surface area contributed by atoms with Gasteiger partial charge in [0.2, 0.25) is 0 Å². The van der Waals surface area contributed by atoms with Crippen LogP contribution < -0.4 is 11.1 Å². The molecule has 2 aromatic rings. The van der Waals surface area contributed by atoms with Crippen molar-refractivity contribution >= 4 is 5.91 Å². The van der Waals surface area contributed by atoms with Crippen molar-refractivity contribution in [1.29, 1.82) is 0 Å². The number of nitrogens with zero attached hydrogens (tertiary/aromatic N) is 4. The molecule has 1 aromatic carbocycles. The number of rotatable bonds is 4. The summed E-state index contributed by atoms with van der Waals surface area (Å²) >= 11 is 0. The predicted molar refractivity (Wildman–Crippen MR) is 69.8 cm³/mol. The monoisotopic (exact) mass is 260 g/mol. The number of tetrazole rings is 1. The number of hydrogen-bond acceptors (Lipinski definition) is 5. The molecule has 2 rings (SSSR count). The highest BCUT2D eigenvalue weighted by atomic mass is 16.1. The average Bonchev–Trinajstić information content (AvgIpc) is 2.89. The second-order valence-electron chi connectivity index (χ2n) is 4.98. The van der Waals surface area contributed by atoms with Gasteiger partial charge in [-0.3, -0.25) is 4.79 Å². The normalized spacial score (nSPS) is 11.3. The van der Waals surface area contributed by atoms with Gasteiger partial charge >= 0.3 is 0 Å². The van der Waals surface area contributed by atoms with Gasteiger partial charge in [0.1, 0.15) is 6.33 Å². The summed E-state index contributed by atoms with van der Waals surface area (Å²) in [5.41, 5.74) is 6.65. The van der Waals surface area contributed by atoms with E-state index in [1.807, 2.05) is 19.9 Å². The van der Waals surface area contributed by atoms with Gasteiger partial charge < -0.3 is 11.1 Å². The Labute approximate surface area is 110 Å². The fourth-order valence-electron chi connectivity index (χ4n) is 1.48. The minimum Gasteiger partial charge on any atom is -0.350 e. The smallest absolute Gasteiger partial charge is 0.251 e. The molecule has 0 unspecified atom stereocenters. The zero-order valence-electron chi connectivity index (χ0n) is 10.9. The molecular weight excluding hydrogens is 244 g/mol. The molecule has 0 spiro atoms. The zero-order valence-corrected chi connectivity index (χ0v) is 10.9. The molecule has 0 radical (unpaired) electrons. The molecular formula is C12H16N6O. The fourth-order valence-corrected chi connectivity index (χ4v) is 1.48. The highest BCUT2D eigenvalue weighted by Gasteiger charge is 2.13. The summed E-state index contributed by atoms with van der Waals surface area (Å²) in [6.07, 6.45) is 1.47. The summed E-state index contributed by atoms with van der Waals surface area (Å²) in [5, 5.41) is 13.7. The Morgan fingerprint density at radius 1 is 1.47 bits per heavy atom. The average molecular weight is 260 g/mol. The van der Waals surface area contributed by atoms with Crippen molar-refractivity contribution < 1.29 is 4.79 Å². The quantitative estimate of drug-likeness (QED) is 0.814. The lowest BCUT2D eigenvalue weighted by Crippen LogP contribution is -2.45. The van der Waals surface area contributed by atoms with Crippen LogP contribution in [0.4, 0.5) is 0 Å². The molecule has 7 heteroatoms. The van der Waals surface area contributed by atoms with Crippen LogP contribution in [0, 0.1) is 0 Å². The van der Waals surface area contributed by atoms with Crippen LogP contribution in [0.3, 0.4) is 0 Å². The van der Waals surface area contributed by atoms with Crippen molar-refractivity contribution in [3.05, 3.63) is 36.2 Å². The van der Waals surface area contributed by atoms with Gasteiger partial charge in [0.25, 0.3) is 5.91 Å². The van der Waals surface area contributed by atoms with Gasteiger partial charge in [0.15, 0.2) is 0 Å². The number of nitrogens with two attached hydrogens (primary N) is 1. The first-order valence-electron chi connectivity index (χ1n) is 5.86. The number of carbonyl (C=O) groups is 1. The van der Waals surface area contributed by atoms with E-state index in [9.17, 15) is 4.79 Å². The van der Waals surface area contributed by atoms with Crippen LogP contribution in [-0.2, 0) is 0 Å². The van der Waals surface area contributed by atoms with Gasteiger partial charge in [0, 0.05) is 17.6 Å². The lowest BCUT2D eigenvalue weighted by atomic mass is 10.1. The fraction of sp³-hybridized carbons (Fsp3) is 0.333. The van der Waals surface area contributed by atoms with Crippen LogP contribution in [0.25, 0.3) is 5.69 Å². The Morgan fingerprint density at radius 2 is 2.26 bits per heavy atom. The molecule has 7 nitrogen and oxygen atoms in total. The predicted octanol–water partition coefficient (Wildman–Crippen LogP) is 0.129. The summed E-state index contributed by atoms with van der Waals surface area (Å²) in [5.74, 6) is -0.173. The highest BCUT2D eigenvalue weighted by Crippen LogP contribution is 2.08. The SMILES string of the molecule is CC(C)(N)CNC(=O)c1cccc(-n2cnnn2)c1. The minimum atomic E-state index is -0.441. The third-order valence-electron chi connectivity index (χ3n) is 2.43. The highest BCUT2D eigenvalue weighted by molar-refractivity contribution is 5.94. The van der Waals surface area contributed by atoms with Crippen molar-refractivity contribution in [2.24, 2.45) is 5.73 Å². The van der Waals surface area contributed by atoms with Gasteiger partial charge in [-0.1, -0.05) is 6.07 Å². The summed E-state index contributed by atoms with van der Waals surface area (Å²) in [7, 11) is 0. The second kappa shape index (κ2) is 5.15. The molecule has 1 amide bonds. The third-order valence-corrected chi connectivity index (χ3v) is 2.43. The molecule has 100 valence electrons. The number of nitrogens with one attached hydrogen (secondary N) is 1. The molecule has 3 N–H and O–H groups in total. The Balaban J connectivity index is 2.13. The molecule has 0 aliphatic heterocycles. The number of amides is 1. The van der Waals surface area contributed by atoms with Gasteiger partial charge in [0.05, 0.1) is 5.69 Å². The van der Waals surface area contributed by atoms with E-state index >= 15 is 0 Å². The summed E-state index contributed by atoms with van der Waals surface area (Å²) < 4.78 is 1.49. The third kappa shape index (κ3) is 3.59. The lowest BCUT2D eigenvalue weighted by molar-refractivity contribution is 0.0946. The first kappa shape index (κ1) is 13.2. The van der Waals surface area contributed by atoms with Crippen LogP contribution >= 0.6 is 0 Å². The molecule has 19 heavy (non-hydrogen) atoms. The number of benzene rings is 1. The van der Waals surface area contributed by atoms with E-state index in [0.29, 0.717) is 12.1 Å². The Kier molecular flexibility index (Phi) is 3.57. The van der Waals surface area contributed by atoms with Gasteiger partial charge in [-0.05, 0) is 42.5 Å². The van der Waals surface area contributed by atoms with Crippen molar-refractivity contribution in [2.75, 3.05) is 6.54 Å². The minimum absolute atomic E-state index is 0.173. The molecule has 0 aliphatic carbocycles. The zero-order chi connectivity index (χ0) is 13.9. The van der Waals surface area contributed by atoms with Crippen molar-refractivity contribution in [3.63, 3.8) is 0 Å². The number of aromatic nitrogens is 4. The first-order valence-corrected chi connectivity index (χ1v) is 5.86. The van der Waals surface area contributed by atoms with E-state index in [2.05, 4.69) is 20.8 Å². The molecule has 0 saturated heterocycles. The lowest BCUT2D eigenvalue weighted by Gasteiger charge is -2.18. The van der Waals surface area contributed by atoms with E-state index in [1.165, 1.54) is 11.0 Å². The Bertz CT molecular complexity index is 558.